The lowest BCUT2D eigenvalue weighted by Gasteiger charge is -2.08. The molecule has 0 aliphatic rings. The van der Waals surface area contributed by atoms with Crippen molar-refractivity contribution in [2.75, 3.05) is 11.9 Å². The van der Waals surface area contributed by atoms with Gasteiger partial charge in [-0.2, -0.15) is 4.98 Å². The first-order valence-corrected chi connectivity index (χ1v) is 6.70. The molecule has 20 heavy (non-hydrogen) atoms. The average Bonchev–Trinajstić information content (AvgIpc) is 2.51. The molecule has 0 unspecified atom stereocenters. The van der Waals surface area contributed by atoms with E-state index < -0.39 is 0 Å². The Hall–Kier alpha value is -2.14. The molecule has 0 saturated heterocycles. The van der Waals surface area contributed by atoms with Crippen LogP contribution in [0.2, 0.25) is 0 Å². The van der Waals surface area contributed by atoms with Crippen LogP contribution in [0.4, 0.5) is 5.95 Å². The maximum Gasteiger partial charge on any atom is 0.226 e. The predicted octanol–water partition coefficient (Wildman–Crippen LogP) is 2.37. The Balaban J connectivity index is 1.95. The van der Waals surface area contributed by atoms with E-state index in [9.17, 15) is 0 Å². The highest BCUT2D eigenvalue weighted by Gasteiger charge is 2.01. The quantitative estimate of drug-likeness (QED) is 0.810. The summed E-state index contributed by atoms with van der Waals surface area (Å²) in [5.74, 6) is 1.11. The Kier molecular flexibility index (Phi) is 5.32. The lowest BCUT2D eigenvalue weighted by atomic mass is 10.1. The Morgan fingerprint density at radius 2 is 2.10 bits per heavy atom. The summed E-state index contributed by atoms with van der Waals surface area (Å²) in [5.41, 5.74) is 1.96. The first-order chi connectivity index (χ1) is 9.81. The molecule has 0 atom stereocenters. The smallest absolute Gasteiger partial charge is 0.226 e. The minimum Gasteiger partial charge on any atom is -0.478 e. The second-order valence-electron chi connectivity index (χ2n) is 4.40. The largest absolute Gasteiger partial charge is 0.478 e. The number of aromatic nitrogens is 2. The highest BCUT2D eigenvalue weighted by Crippen LogP contribution is 2.11. The molecule has 2 aromatic rings. The molecule has 1 heterocycles. The van der Waals surface area contributed by atoms with E-state index in [2.05, 4.69) is 22.2 Å². The van der Waals surface area contributed by atoms with Gasteiger partial charge in [0.2, 0.25) is 11.8 Å². The highest BCUT2D eigenvalue weighted by atomic mass is 16.5. The van der Waals surface area contributed by atoms with Crippen molar-refractivity contribution in [3.63, 3.8) is 0 Å². The normalized spacial score (nSPS) is 10.3. The van der Waals surface area contributed by atoms with Gasteiger partial charge in [-0.25, -0.2) is 4.98 Å². The van der Waals surface area contributed by atoms with Crippen LogP contribution in [0.15, 0.2) is 36.5 Å². The van der Waals surface area contributed by atoms with Crippen LogP contribution in [-0.2, 0) is 13.2 Å². The zero-order valence-electron chi connectivity index (χ0n) is 11.5. The van der Waals surface area contributed by atoms with Crippen molar-refractivity contribution in [1.82, 2.24) is 9.97 Å². The molecule has 0 aliphatic heterocycles. The minimum absolute atomic E-state index is 0.0463. The number of nitrogens with one attached hydrogen (secondary N) is 1. The van der Waals surface area contributed by atoms with E-state index in [1.807, 2.05) is 24.3 Å². The molecule has 5 nitrogen and oxygen atoms in total. The minimum atomic E-state index is 0.0463. The van der Waals surface area contributed by atoms with Gasteiger partial charge >= 0.3 is 0 Å². The fraction of sp³-hybridized carbons (Fsp3) is 0.333. The molecule has 2 N–H and O–H groups in total. The van der Waals surface area contributed by atoms with E-state index in [4.69, 9.17) is 9.84 Å². The van der Waals surface area contributed by atoms with Crippen molar-refractivity contribution in [1.29, 1.82) is 0 Å². The monoisotopic (exact) mass is 273 g/mol. The van der Waals surface area contributed by atoms with Gasteiger partial charge in [0.15, 0.2) is 0 Å². The Bertz CT molecular complexity index is 546. The van der Waals surface area contributed by atoms with Gasteiger partial charge in [0.25, 0.3) is 0 Å². The zero-order chi connectivity index (χ0) is 14.2. The van der Waals surface area contributed by atoms with Crippen molar-refractivity contribution < 1.29 is 9.84 Å². The second-order valence-corrected chi connectivity index (χ2v) is 4.40. The maximum atomic E-state index is 9.10. The third-order valence-electron chi connectivity index (χ3n) is 2.71. The van der Waals surface area contributed by atoms with Gasteiger partial charge in [0, 0.05) is 18.8 Å². The number of rotatable bonds is 7. The fourth-order valence-corrected chi connectivity index (χ4v) is 1.73. The SMILES string of the molecule is CCCOc1ccnc(NCc2cccc(CO)c2)n1. The molecular weight excluding hydrogens is 254 g/mol. The molecular formula is C15H19N3O2. The number of hydrogen-bond acceptors (Lipinski definition) is 5. The first-order valence-electron chi connectivity index (χ1n) is 6.70. The van der Waals surface area contributed by atoms with E-state index >= 15 is 0 Å². The summed E-state index contributed by atoms with van der Waals surface area (Å²) < 4.78 is 5.46. The van der Waals surface area contributed by atoms with Gasteiger partial charge < -0.3 is 15.2 Å². The molecule has 5 heteroatoms. The van der Waals surface area contributed by atoms with Crippen LogP contribution >= 0.6 is 0 Å². The molecule has 0 fully saturated rings. The second kappa shape index (κ2) is 7.45. The van der Waals surface area contributed by atoms with Crippen molar-refractivity contribution in [2.45, 2.75) is 26.5 Å². The fourth-order valence-electron chi connectivity index (χ4n) is 1.73. The van der Waals surface area contributed by atoms with Crippen LogP contribution in [0, 0.1) is 0 Å². The van der Waals surface area contributed by atoms with Crippen LogP contribution in [0.5, 0.6) is 5.88 Å². The first kappa shape index (κ1) is 14.3. The van der Waals surface area contributed by atoms with Crippen LogP contribution in [0.25, 0.3) is 0 Å². The topological polar surface area (TPSA) is 67.3 Å². The Labute approximate surface area is 118 Å². The molecule has 0 spiro atoms. The number of hydrogen-bond donors (Lipinski definition) is 2. The molecule has 0 aliphatic carbocycles. The summed E-state index contributed by atoms with van der Waals surface area (Å²) in [5, 5.41) is 12.2. The summed E-state index contributed by atoms with van der Waals surface area (Å²) >= 11 is 0. The van der Waals surface area contributed by atoms with Crippen molar-refractivity contribution in [2.24, 2.45) is 0 Å². The van der Waals surface area contributed by atoms with Gasteiger partial charge in [-0.05, 0) is 17.5 Å². The maximum absolute atomic E-state index is 9.10. The van der Waals surface area contributed by atoms with Crippen LogP contribution in [0.1, 0.15) is 24.5 Å². The summed E-state index contributed by atoms with van der Waals surface area (Å²) in [6, 6.07) is 9.49. The van der Waals surface area contributed by atoms with Gasteiger partial charge in [-0.3, -0.25) is 0 Å². The highest BCUT2D eigenvalue weighted by molar-refractivity contribution is 5.31. The van der Waals surface area contributed by atoms with Gasteiger partial charge in [0.1, 0.15) is 0 Å². The molecule has 1 aromatic carbocycles. The third-order valence-corrected chi connectivity index (χ3v) is 2.71. The number of nitrogens with zero attached hydrogens (tertiary/aromatic N) is 2. The standard InChI is InChI=1S/C15H19N3O2/c1-2-8-20-14-6-7-16-15(18-14)17-10-12-4-3-5-13(9-12)11-19/h3-7,9,19H,2,8,10-11H2,1H3,(H,16,17,18). The van der Waals surface area contributed by atoms with E-state index in [1.54, 1.807) is 12.3 Å². The van der Waals surface area contributed by atoms with Crippen LogP contribution < -0.4 is 10.1 Å². The van der Waals surface area contributed by atoms with Crippen molar-refractivity contribution in [3.05, 3.63) is 47.7 Å². The number of aliphatic hydroxyl groups excluding tert-OH is 1. The van der Waals surface area contributed by atoms with Crippen molar-refractivity contribution in [3.8, 4) is 5.88 Å². The van der Waals surface area contributed by atoms with E-state index in [0.29, 0.717) is 25.0 Å². The van der Waals surface area contributed by atoms with Crippen LogP contribution in [0.3, 0.4) is 0 Å². The Morgan fingerprint density at radius 3 is 2.90 bits per heavy atom. The van der Waals surface area contributed by atoms with Gasteiger partial charge in [-0.15, -0.1) is 0 Å². The van der Waals surface area contributed by atoms with Crippen molar-refractivity contribution >= 4 is 5.95 Å². The summed E-state index contributed by atoms with van der Waals surface area (Å²) in [7, 11) is 0. The van der Waals surface area contributed by atoms with Crippen LogP contribution in [-0.4, -0.2) is 21.7 Å². The summed E-state index contributed by atoms with van der Waals surface area (Å²) in [6.07, 6.45) is 2.62. The van der Waals surface area contributed by atoms with E-state index in [1.165, 1.54) is 0 Å². The summed E-state index contributed by atoms with van der Waals surface area (Å²) in [4.78, 5) is 8.43. The lowest BCUT2D eigenvalue weighted by molar-refractivity contribution is 0.281. The van der Waals surface area contributed by atoms with Gasteiger partial charge in [0.05, 0.1) is 13.2 Å². The molecule has 2 rings (SSSR count). The molecule has 1 aromatic heterocycles. The number of benzene rings is 1. The number of aliphatic hydroxyl groups is 1. The molecule has 0 radical (unpaired) electrons. The molecule has 106 valence electrons. The van der Waals surface area contributed by atoms with Gasteiger partial charge in [-0.1, -0.05) is 31.2 Å². The molecule has 0 saturated carbocycles. The number of anilines is 1. The average molecular weight is 273 g/mol. The third kappa shape index (κ3) is 4.20. The molecule has 0 amide bonds. The van der Waals surface area contributed by atoms with E-state index in [-0.39, 0.29) is 6.61 Å². The number of ether oxygens (including phenoxy) is 1. The zero-order valence-corrected chi connectivity index (χ0v) is 11.5. The summed E-state index contributed by atoms with van der Waals surface area (Å²) in [6.45, 7) is 3.35. The molecule has 0 bridgehead atoms. The van der Waals surface area contributed by atoms with E-state index in [0.717, 1.165) is 17.5 Å². The Morgan fingerprint density at radius 1 is 1.25 bits per heavy atom. The predicted molar refractivity (Wildman–Crippen MR) is 77.5 cm³/mol. The lowest BCUT2D eigenvalue weighted by Crippen LogP contribution is -2.05.